The van der Waals surface area contributed by atoms with E-state index in [1.165, 1.54) is 29.9 Å². The predicted octanol–water partition coefficient (Wildman–Crippen LogP) is 3.40. The Balaban J connectivity index is 1.49. The summed E-state index contributed by atoms with van der Waals surface area (Å²) in [6.07, 6.45) is 2.99. The lowest BCUT2D eigenvalue weighted by molar-refractivity contribution is -0.127. The molecule has 0 bridgehead atoms. The number of amides is 1. The molecule has 0 saturated carbocycles. The lowest BCUT2D eigenvalue weighted by Gasteiger charge is -2.32. The van der Waals surface area contributed by atoms with Gasteiger partial charge < -0.3 is 15.0 Å². The molecule has 0 unspecified atom stereocenters. The summed E-state index contributed by atoms with van der Waals surface area (Å²) in [7, 11) is -1.84. The molecule has 2 aromatic rings. The van der Waals surface area contributed by atoms with Crippen molar-refractivity contribution in [2.24, 2.45) is 5.92 Å². The van der Waals surface area contributed by atoms with Crippen molar-refractivity contribution >= 4 is 27.3 Å². The summed E-state index contributed by atoms with van der Waals surface area (Å²) in [5.41, 5.74) is 2.79. The predicted molar refractivity (Wildman–Crippen MR) is 129 cm³/mol. The fourth-order valence-electron chi connectivity index (χ4n) is 3.77. The Labute approximate surface area is 191 Å². The van der Waals surface area contributed by atoms with Crippen molar-refractivity contribution in [2.75, 3.05) is 35.6 Å². The molecule has 7 nitrogen and oxygen atoms in total. The second kappa shape index (κ2) is 10.3. The van der Waals surface area contributed by atoms with Crippen LogP contribution in [0.3, 0.4) is 0 Å². The number of carbonyl (C=O) groups excluding carboxylic acids is 1. The number of anilines is 2. The van der Waals surface area contributed by atoms with Crippen molar-refractivity contribution < 1.29 is 17.9 Å². The summed E-state index contributed by atoms with van der Waals surface area (Å²) >= 11 is 0. The highest BCUT2D eigenvalue weighted by Crippen LogP contribution is 2.23. The van der Waals surface area contributed by atoms with Crippen LogP contribution >= 0.6 is 0 Å². The van der Waals surface area contributed by atoms with E-state index < -0.39 is 16.1 Å². The number of rotatable bonds is 8. The van der Waals surface area contributed by atoms with Crippen LogP contribution in [0.5, 0.6) is 5.75 Å². The minimum Gasteiger partial charge on any atom is -0.481 e. The normalized spacial score (nSPS) is 17.5. The van der Waals surface area contributed by atoms with Gasteiger partial charge in [0.25, 0.3) is 5.91 Å². The zero-order valence-corrected chi connectivity index (χ0v) is 20.1. The highest BCUT2D eigenvalue weighted by molar-refractivity contribution is 7.92. The van der Waals surface area contributed by atoms with E-state index in [1.807, 2.05) is 0 Å². The monoisotopic (exact) mass is 459 g/mol. The zero-order chi connectivity index (χ0) is 23.3. The Kier molecular flexibility index (Phi) is 7.66. The van der Waals surface area contributed by atoms with Crippen molar-refractivity contribution in [3.63, 3.8) is 0 Å². The van der Waals surface area contributed by atoms with Crippen LogP contribution in [0.25, 0.3) is 0 Å². The Hall–Kier alpha value is -2.74. The Morgan fingerprint density at radius 1 is 1.19 bits per heavy atom. The van der Waals surface area contributed by atoms with Crippen LogP contribution < -0.4 is 19.3 Å². The second-order valence-electron chi connectivity index (χ2n) is 8.56. The molecule has 0 aromatic heterocycles. The molecule has 1 N–H and O–H groups in total. The van der Waals surface area contributed by atoms with Crippen molar-refractivity contribution in [3.05, 3.63) is 54.1 Å². The number of hydrogen-bond acceptors (Lipinski definition) is 5. The van der Waals surface area contributed by atoms with E-state index in [0.29, 0.717) is 18.0 Å². The van der Waals surface area contributed by atoms with Crippen LogP contribution in [0.4, 0.5) is 11.4 Å². The molecule has 1 aliphatic rings. The summed E-state index contributed by atoms with van der Waals surface area (Å²) < 4.78 is 30.1. The van der Waals surface area contributed by atoms with Crippen LogP contribution in [0, 0.1) is 5.92 Å². The Morgan fingerprint density at radius 3 is 2.44 bits per heavy atom. The van der Waals surface area contributed by atoms with Crippen LogP contribution in [0.2, 0.25) is 0 Å². The largest absolute Gasteiger partial charge is 0.481 e. The molecule has 1 heterocycles. The molecule has 32 heavy (non-hydrogen) atoms. The zero-order valence-electron chi connectivity index (χ0n) is 19.2. The molecule has 0 aliphatic carbocycles. The standard InChI is InChI=1S/C24H33N3O4S/c1-18-6-5-15-27(17-18)22-9-7-20(8-10-22)16-25-24(28)19(2)31-23-13-11-21(12-14-23)26(3)32(4,29)30/h7-14,18-19H,5-6,15-17H2,1-4H3,(H,25,28)/t18-,19-/m1/s1. The first kappa shape index (κ1) is 23.9. The second-order valence-corrected chi connectivity index (χ2v) is 10.6. The van der Waals surface area contributed by atoms with E-state index in [0.717, 1.165) is 30.8 Å². The van der Waals surface area contributed by atoms with Crippen molar-refractivity contribution in [1.29, 1.82) is 0 Å². The molecule has 1 aliphatic heterocycles. The maximum absolute atomic E-state index is 12.4. The molecule has 0 spiro atoms. The van der Waals surface area contributed by atoms with E-state index in [2.05, 4.69) is 41.4 Å². The summed E-state index contributed by atoms with van der Waals surface area (Å²) in [5, 5.41) is 2.91. The average Bonchev–Trinajstić information content (AvgIpc) is 2.77. The topological polar surface area (TPSA) is 79.0 Å². The van der Waals surface area contributed by atoms with Crippen LogP contribution in [-0.4, -0.2) is 46.8 Å². The summed E-state index contributed by atoms with van der Waals surface area (Å²) in [5.74, 6) is 1.01. The summed E-state index contributed by atoms with van der Waals surface area (Å²) in [4.78, 5) is 14.9. The smallest absolute Gasteiger partial charge is 0.261 e. The highest BCUT2D eigenvalue weighted by atomic mass is 32.2. The molecule has 3 rings (SSSR count). The van der Waals surface area contributed by atoms with E-state index in [4.69, 9.17) is 4.74 Å². The van der Waals surface area contributed by atoms with Crippen molar-refractivity contribution in [2.45, 2.75) is 39.3 Å². The number of ether oxygens (including phenoxy) is 1. The number of piperidine rings is 1. The number of benzene rings is 2. The molecule has 8 heteroatoms. The Morgan fingerprint density at radius 2 is 1.84 bits per heavy atom. The van der Waals surface area contributed by atoms with Gasteiger partial charge in [-0.05, 0) is 67.6 Å². The lowest BCUT2D eigenvalue weighted by atomic mass is 9.99. The minimum atomic E-state index is -3.33. The van der Waals surface area contributed by atoms with E-state index >= 15 is 0 Å². The first-order valence-electron chi connectivity index (χ1n) is 11.0. The maximum atomic E-state index is 12.4. The minimum absolute atomic E-state index is 0.212. The fourth-order valence-corrected chi connectivity index (χ4v) is 4.27. The molecular formula is C24H33N3O4S. The number of nitrogens with zero attached hydrogens (tertiary/aromatic N) is 2. The third kappa shape index (κ3) is 6.38. The lowest BCUT2D eigenvalue weighted by Crippen LogP contribution is -2.36. The van der Waals surface area contributed by atoms with Gasteiger partial charge in [0.1, 0.15) is 5.75 Å². The van der Waals surface area contributed by atoms with Crippen molar-refractivity contribution in [3.8, 4) is 5.75 Å². The van der Waals surface area contributed by atoms with Gasteiger partial charge in [-0.1, -0.05) is 19.1 Å². The van der Waals surface area contributed by atoms with Gasteiger partial charge in [-0.2, -0.15) is 0 Å². The van der Waals surface area contributed by atoms with Gasteiger partial charge in [0, 0.05) is 32.4 Å². The van der Waals surface area contributed by atoms with Crippen LogP contribution in [0.1, 0.15) is 32.3 Å². The SMILES string of the molecule is C[C@@H]1CCCN(c2ccc(CNC(=O)[C@@H](C)Oc3ccc(N(C)S(C)(=O)=O)cc3)cc2)C1. The molecule has 2 aromatic carbocycles. The number of sulfonamides is 1. The first-order valence-corrected chi connectivity index (χ1v) is 12.8. The van der Waals surface area contributed by atoms with Gasteiger partial charge in [-0.3, -0.25) is 9.10 Å². The third-order valence-corrected chi connectivity index (χ3v) is 7.01. The van der Waals surface area contributed by atoms with Crippen molar-refractivity contribution in [1.82, 2.24) is 5.32 Å². The quantitative estimate of drug-likeness (QED) is 0.655. The molecule has 1 fully saturated rings. The van der Waals surface area contributed by atoms with Gasteiger partial charge in [-0.15, -0.1) is 0 Å². The van der Waals surface area contributed by atoms with Crippen LogP contribution in [0.15, 0.2) is 48.5 Å². The van der Waals surface area contributed by atoms with Crippen LogP contribution in [-0.2, 0) is 21.4 Å². The summed E-state index contributed by atoms with van der Waals surface area (Å²) in [6.45, 7) is 6.60. The summed E-state index contributed by atoms with van der Waals surface area (Å²) in [6, 6.07) is 14.9. The third-order valence-electron chi connectivity index (χ3n) is 5.81. The number of hydrogen-bond donors (Lipinski definition) is 1. The average molecular weight is 460 g/mol. The molecule has 1 saturated heterocycles. The highest BCUT2D eigenvalue weighted by Gasteiger charge is 2.18. The number of carbonyl (C=O) groups is 1. The van der Waals surface area contributed by atoms with Gasteiger partial charge in [0.2, 0.25) is 10.0 Å². The molecule has 2 atom stereocenters. The van der Waals surface area contributed by atoms with Gasteiger partial charge in [-0.25, -0.2) is 8.42 Å². The molecular weight excluding hydrogens is 426 g/mol. The molecule has 0 radical (unpaired) electrons. The first-order chi connectivity index (χ1) is 15.1. The van der Waals surface area contributed by atoms with Gasteiger partial charge in [0.15, 0.2) is 6.10 Å². The maximum Gasteiger partial charge on any atom is 0.261 e. The Bertz CT molecular complexity index is 1010. The number of nitrogens with one attached hydrogen (secondary N) is 1. The van der Waals surface area contributed by atoms with Gasteiger partial charge >= 0.3 is 0 Å². The van der Waals surface area contributed by atoms with E-state index in [1.54, 1.807) is 31.2 Å². The molecule has 1 amide bonds. The fraction of sp³-hybridized carbons (Fsp3) is 0.458. The van der Waals surface area contributed by atoms with Gasteiger partial charge in [0.05, 0.1) is 11.9 Å². The van der Waals surface area contributed by atoms with E-state index in [-0.39, 0.29) is 5.91 Å². The van der Waals surface area contributed by atoms with E-state index in [9.17, 15) is 13.2 Å². The molecule has 174 valence electrons.